The van der Waals surface area contributed by atoms with Crippen molar-refractivity contribution in [1.29, 1.82) is 0 Å². The van der Waals surface area contributed by atoms with Crippen LogP contribution in [0, 0.1) is 0 Å². The average Bonchev–Trinajstić information content (AvgIpc) is 3.43. The Bertz CT molecular complexity index is 1480. The number of methoxy groups -OCH3 is 2. The van der Waals surface area contributed by atoms with Gasteiger partial charge in [-0.25, -0.2) is 0 Å². The molecule has 0 bridgehead atoms. The van der Waals surface area contributed by atoms with Gasteiger partial charge in [-0.1, -0.05) is 48.6 Å². The molecule has 3 aliphatic carbocycles. The molecule has 6 heteroatoms. The van der Waals surface area contributed by atoms with E-state index in [1.165, 1.54) is 30.9 Å². The normalized spacial score (nSPS) is 22.1. The summed E-state index contributed by atoms with van der Waals surface area (Å²) in [6.45, 7) is 0. The number of carbonyl (C=O) groups is 2. The van der Waals surface area contributed by atoms with Crippen LogP contribution in [0.25, 0.3) is 16.8 Å². The Hall–Kier alpha value is -4.06. The van der Waals surface area contributed by atoms with Gasteiger partial charge in [0.05, 0.1) is 25.6 Å². The largest absolute Gasteiger partial charge is 0.469 e. The van der Waals surface area contributed by atoms with E-state index in [1.54, 1.807) is 0 Å². The Morgan fingerprint density at radius 1 is 0.744 bits per heavy atom. The molecule has 1 aromatic carbocycles. The van der Waals surface area contributed by atoms with Crippen LogP contribution in [-0.2, 0) is 29.9 Å². The highest BCUT2D eigenvalue weighted by atomic mass is 16.5. The highest BCUT2D eigenvalue weighted by Gasteiger charge is 2.54. The first-order valence-electron chi connectivity index (χ1n) is 13.6. The van der Waals surface area contributed by atoms with Crippen molar-refractivity contribution in [3.8, 4) is 11.3 Å². The second-order valence-corrected chi connectivity index (χ2v) is 10.7. The number of esters is 2. The van der Waals surface area contributed by atoms with E-state index in [9.17, 15) is 9.59 Å². The number of hydrogen-bond donors (Lipinski definition) is 0. The lowest BCUT2D eigenvalue weighted by Crippen LogP contribution is -2.39. The molecule has 198 valence electrons. The van der Waals surface area contributed by atoms with Crippen LogP contribution in [-0.4, -0.2) is 36.1 Å². The molecule has 39 heavy (non-hydrogen) atoms. The fourth-order valence-corrected chi connectivity index (χ4v) is 7.21. The first-order valence-corrected chi connectivity index (χ1v) is 13.6. The number of hydrogen-bond acceptors (Lipinski definition) is 6. The van der Waals surface area contributed by atoms with E-state index < -0.39 is 10.8 Å². The van der Waals surface area contributed by atoms with Gasteiger partial charge in [0.15, 0.2) is 0 Å². The Morgan fingerprint density at radius 2 is 1.33 bits per heavy atom. The van der Waals surface area contributed by atoms with Gasteiger partial charge in [0.1, 0.15) is 0 Å². The van der Waals surface area contributed by atoms with Crippen LogP contribution in [0.3, 0.4) is 0 Å². The van der Waals surface area contributed by atoms with Gasteiger partial charge >= 0.3 is 11.9 Å². The van der Waals surface area contributed by atoms with Crippen LogP contribution in [0.2, 0.25) is 0 Å². The molecule has 3 aliphatic rings. The Balaban J connectivity index is 1.60. The quantitative estimate of drug-likeness (QED) is 0.334. The van der Waals surface area contributed by atoms with Crippen molar-refractivity contribution < 1.29 is 19.1 Å². The summed E-state index contributed by atoms with van der Waals surface area (Å²) in [5.74, 6) is -0.468. The van der Waals surface area contributed by atoms with Gasteiger partial charge in [-0.15, -0.1) is 0 Å². The van der Waals surface area contributed by atoms with E-state index in [0.717, 1.165) is 40.9 Å². The zero-order chi connectivity index (χ0) is 27.0. The molecule has 2 aromatic heterocycles. The third-order valence-electron chi connectivity index (χ3n) is 8.84. The van der Waals surface area contributed by atoms with Crippen LogP contribution in [0.1, 0.15) is 67.3 Å². The maximum Gasteiger partial charge on any atom is 0.305 e. The summed E-state index contributed by atoms with van der Waals surface area (Å²) < 4.78 is 10.2. The maximum absolute atomic E-state index is 12.6. The topological polar surface area (TPSA) is 78.4 Å². The molecule has 0 N–H and O–H groups in total. The summed E-state index contributed by atoms with van der Waals surface area (Å²) in [4.78, 5) is 34.9. The lowest BCUT2D eigenvalue weighted by Gasteiger charge is -2.43. The van der Waals surface area contributed by atoms with E-state index in [-0.39, 0.29) is 24.8 Å². The summed E-state index contributed by atoms with van der Waals surface area (Å²) in [7, 11) is 2.88. The van der Waals surface area contributed by atoms with Crippen molar-refractivity contribution in [3.63, 3.8) is 0 Å². The van der Waals surface area contributed by atoms with Gasteiger partial charge in [-0.3, -0.25) is 19.6 Å². The summed E-state index contributed by atoms with van der Waals surface area (Å²) in [5, 5.41) is 0. The van der Waals surface area contributed by atoms with Crippen LogP contribution in [0.5, 0.6) is 0 Å². The lowest BCUT2D eigenvalue weighted by atomic mass is 9.59. The van der Waals surface area contributed by atoms with E-state index in [0.29, 0.717) is 19.3 Å². The second kappa shape index (κ2) is 9.92. The number of rotatable bonds is 8. The predicted molar refractivity (Wildman–Crippen MR) is 149 cm³/mol. The summed E-state index contributed by atoms with van der Waals surface area (Å²) in [5.41, 5.74) is 7.86. The summed E-state index contributed by atoms with van der Waals surface area (Å²) >= 11 is 0. The molecule has 0 amide bonds. The number of ether oxygens (including phenoxy) is 2. The van der Waals surface area contributed by atoms with E-state index in [2.05, 4.69) is 42.5 Å². The minimum absolute atomic E-state index is 0.230. The third kappa shape index (κ3) is 3.92. The highest BCUT2D eigenvalue weighted by Crippen LogP contribution is 2.62. The molecular formula is C33H32N2O4. The number of pyridine rings is 2. The monoisotopic (exact) mass is 520 g/mol. The van der Waals surface area contributed by atoms with Gasteiger partial charge < -0.3 is 9.47 Å². The maximum atomic E-state index is 12.6. The third-order valence-corrected chi connectivity index (χ3v) is 8.84. The number of allylic oxidation sites excluding steroid dienone is 4. The Labute approximate surface area is 228 Å². The number of benzene rings is 1. The smallest absolute Gasteiger partial charge is 0.305 e. The highest BCUT2D eigenvalue weighted by molar-refractivity contribution is 5.90. The van der Waals surface area contributed by atoms with E-state index >= 15 is 0 Å². The summed E-state index contributed by atoms with van der Waals surface area (Å²) in [6.07, 6.45) is 12.6. The van der Waals surface area contributed by atoms with Gasteiger partial charge in [0.25, 0.3) is 0 Å². The van der Waals surface area contributed by atoms with Gasteiger partial charge in [-0.2, -0.15) is 0 Å². The molecule has 3 aromatic rings. The molecule has 6 rings (SSSR count). The van der Waals surface area contributed by atoms with Crippen LogP contribution in [0.15, 0.2) is 78.6 Å². The molecule has 0 radical (unpaired) electrons. The van der Waals surface area contributed by atoms with Crippen molar-refractivity contribution in [2.75, 3.05) is 14.2 Å². The summed E-state index contributed by atoms with van der Waals surface area (Å²) in [6, 6.07) is 16.7. The van der Waals surface area contributed by atoms with Crippen molar-refractivity contribution in [3.05, 3.63) is 101 Å². The van der Waals surface area contributed by atoms with Gasteiger partial charge in [0.2, 0.25) is 0 Å². The Morgan fingerprint density at radius 3 is 2.05 bits per heavy atom. The van der Waals surface area contributed by atoms with E-state index in [1.807, 2.05) is 30.6 Å². The zero-order valence-corrected chi connectivity index (χ0v) is 22.4. The first kappa shape index (κ1) is 25.2. The molecule has 6 nitrogen and oxygen atoms in total. The van der Waals surface area contributed by atoms with Crippen molar-refractivity contribution in [2.45, 2.75) is 55.8 Å². The molecule has 0 fully saturated rings. The average molecular weight is 521 g/mol. The zero-order valence-electron chi connectivity index (χ0n) is 22.4. The minimum atomic E-state index is -0.522. The molecule has 0 saturated carbocycles. The molecule has 0 spiro atoms. The van der Waals surface area contributed by atoms with E-state index in [4.69, 9.17) is 19.4 Å². The molecule has 2 heterocycles. The van der Waals surface area contributed by atoms with Gasteiger partial charge in [0, 0.05) is 47.2 Å². The van der Waals surface area contributed by atoms with Crippen molar-refractivity contribution >= 4 is 17.5 Å². The number of aromatic nitrogens is 2. The number of fused-ring (bicyclic) bond motifs is 6. The molecule has 2 atom stereocenters. The standard InChI is InChI=1S/C33H32N2O4/c1-38-28(36)15-17-32(24-11-5-3-9-22(24)30-26(32)13-7-19-34-30)21-33(18-16-29(37)39-2)25-12-6-4-10-23(25)31-27(33)14-8-20-35-31/h3,5,7-14,19-20H,4,6,15-18,21H2,1-2H3. The van der Waals surface area contributed by atoms with Crippen LogP contribution >= 0.6 is 0 Å². The number of carbonyl (C=O) groups excluding carboxylic acids is 2. The molecule has 0 saturated heterocycles. The Kier molecular flexibility index (Phi) is 6.42. The van der Waals surface area contributed by atoms with Crippen LogP contribution in [0.4, 0.5) is 0 Å². The molecular weight excluding hydrogens is 488 g/mol. The van der Waals surface area contributed by atoms with Crippen molar-refractivity contribution in [2.24, 2.45) is 0 Å². The van der Waals surface area contributed by atoms with Gasteiger partial charge in [-0.05, 0) is 66.5 Å². The fourth-order valence-electron chi connectivity index (χ4n) is 7.21. The lowest BCUT2D eigenvalue weighted by molar-refractivity contribution is -0.141. The number of nitrogens with zero attached hydrogens (tertiary/aromatic N) is 2. The van der Waals surface area contributed by atoms with Crippen LogP contribution < -0.4 is 0 Å². The predicted octanol–water partition coefficient (Wildman–Crippen LogP) is 6.09. The molecule has 0 aliphatic heterocycles. The fraction of sp³-hybridized carbons (Fsp3) is 0.333. The second-order valence-electron chi connectivity index (χ2n) is 10.7. The van der Waals surface area contributed by atoms with Crippen molar-refractivity contribution in [1.82, 2.24) is 9.97 Å². The SMILES string of the molecule is COC(=O)CCC1(CC2(CCC(=O)OC)c3ccccc3-c3ncccc32)C2=CCCC=C2c2ncccc21. The molecule has 2 unspecified atom stereocenters. The first-order chi connectivity index (χ1) is 19.0. The minimum Gasteiger partial charge on any atom is -0.469 e.